The summed E-state index contributed by atoms with van der Waals surface area (Å²) in [4.78, 5) is 21.7. The Morgan fingerprint density at radius 3 is 2.63 bits per heavy atom. The highest BCUT2D eigenvalue weighted by Crippen LogP contribution is 2.26. The van der Waals surface area contributed by atoms with Crippen molar-refractivity contribution in [3.05, 3.63) is 65.7 Å². The summed E-state index contributed by atoms with van der Waals surface area (Å²) in [5.41, 5.74) is 4.74. The smallest absolute Gasteiger partial charge is 0.254 e. The minimum atomic E-state index is 0.122. The Hall–Kier alpha value is -2.72. The Kier molecular flexibility index (Phi) is 4.90. The van der Waals surface area contributed by atoms with Crippen LogP contribution in [-0.2, 0) is 0 Å². The summed E-state index contributed by atoms with van der Waals surface area (Å²) in [6.07, 6.45) is 1.05. The molecule has 0 bridgehead atoms. The first-order chi connectivity index (χ1) is 13.1. The molecule has 1 unspecified atom stereocenters. The zero-order valence-corrected chi connectivity index (χ0v) is 16.0. The molecule has 1 saturated heterocycles. The number of benzene rings is 2. The van der Waals surface area contributed by atoms with Gasteiger partial charge < -0.3 is 9.80 Å². The number of hydrogen-bond acceptors (Lipinski definition) is 2. The van der Waals surface area contributed by atoms with Crippen LogP contribution < -0.4 is 4.90 Å². The number of carbonyl (C=O) groups is 1. The number of amides is 1. The van der Waals surface area contributed by atoms with E-state index in [2.05, 4.69) is 38.2 Å². The topological polar surface area (TPSA) is 37.6 Å². The predicted octanol–water partition coefficient (Wildman–Crippen LogP) is 2.57. The number of aryl methyl sites for hydroxylation is 1. The van der Waals surface area contributed by atoms with Crippen LogP contribution in [0.1, 0.15) is 22.3 Å². The van der Waals surface area contributed by atoms with E-state index in [1.807, 2.05) is 35.2 Å². The Bertz CT molecular complexity index is 965. The fourth-order valence-corrected chi connectivity index (χ4v) is 3.73. The van der Waals surface area contributed by atoms with Crippen molar-refractivity contribution in [3.63, 3.8) is 0 Å². The molecule has 1 N–H and O–H groups in total. The van der Waals surface area contributed by atoms with Gasteiger partial charge in [0.25, 0.3) is 5.91 Å². The third-order valence-electron chi connectivity index (χ3n) is 5.42. The Balaban J connectivity index is 1.78. The maximum atomic E-state index is 13.4. The number of aromatic nitrogens is 1. The number of hydrogen-bond donors (Lipinski definition) is 1. The van der Waals surface area contributed by atoms with Crippen LogP contribution in [0.2, 0.25) is 0 Å². The van der Waals surface area contributed by atoms with Gasteiger partial charge in [-0.05, 0) is 19.1 Å². The van der Waals surface area contributed by atoms with Gasteiger partial charge in [-0.25, -0.2) is 4.98 Å². The summed E-state index contributed by atoms with van der Waals surface area (Å²) in [5, 5.41) is 0.934. The molecule has 1 atom stereocenters. The SMILES string of the molecule is Cc1ccc(-c2cc(C(=O)N3CCC[NH+](C)CC3)c3ccccc3n2)cc1. The van der Waals surface area contributed by atoms with E-state index in [4.69, 9.17) is 4.98 Å². The zero-order valence-electron chi connectivity index (χ0n) is 16.0. The molecule has 0 radical (unpaired) electrons. The second-order valence-electron chi connectivity index (χ2n) is 7.54. The second kappa shape index (κ2) is 7.49. The molecule has 3 aromatic rings. The highest BCUT2D eigenvalue weighted by Gasteiger charge is 2.23. The van der Waals surface area contributed by atoms with Crippen LogP contribution in [0.4, 0.5) is 0 Å². The molecule has 1 aliphatic heterocycles. The molecule has 0 aliphatic carbocycles. The Morgan fingerprint density at radius 2 is 1.81 bits per heavy atom. The van der Waals surface area contributed by atoms with Crippen molar-refractivity contribution >= 4 is 16.8 Å². The highest BCUT2D eigenvalue weighted by atomic mass is 16.2. The quantitative estimate of drug-likeness (QED) is 0.763. The van der Waals surface area contributed by atoms with Gasteiger partial charge in [-0.2, -0.15) is 0 Å². The van der Waals surface area contributed by atoms with E-state index in [0.29, 0.717) is 0 Å². The van der Waals surface area contributed by atoms with Gasteiger partial charge in [0, 0.05) is 23.9 Å². The van der Waals surface area contributed by atoms with Crippen molar-refractivity contribution in [3.8, 4) is 11.3 Å². The van der Waals surface area contributed by atoms with Crippen molar-refractivity contribution < 1.29 is 9.69 Å². The summed E-state index contributed by atoms with van der Waals surface area (Å²) < 4.78 is 0. The average Bonchev–Trinajstić information content (AvgIpc) is 2.91. The second-order valence-corrected chi connectivity index (χ2v) is 7.54. The molecule has 1 aliphatic rings. The van der Waals surface area contributed by atoms with Gasteiger partial charge in [0.1, 0.15) is 0 Å². The van der Waals surface area contributed by atoms with Gasteiger partial charge in [-0.1, -0.05) is 48.0 Å². The van der Waals surface area contributed by atoms with Gasteiger partial charge in [0.05, 0.1) is 43.5 Å². The number of quaternary nitrogens is 1. The Labute approximate surface area is 160 Å². The van der Waals surface area contributed by atoms with Crippen LogP contribution in [0.15, 0.2) is 54.6 Å². The third kappa shape index (κ3) is 3.71. The summed E-state index contributed by atoms with van der Waals surface area (Å²) in [6, 6.07) is 18.2. The number of fused-ring (bicyclic) bond motifs is 1. The van der Waals surface area contributed by atoms with E-state index in [1.54, 1.807) is 0 Å². The first kappa shape index (κ1) is 17.7. The molecule has 138 valence electrons. The van der Waals surface area contributed by atoms with Crippen LogP contribution in [-0.4, -0.2) is 49.0 Å². The molecule has 0 spiro atoms. The first-order valence-electron chi connectivity index (χ1n) is 9.69. The maximum absolute atomic E-state index is 13.4. The molecule has 1 aromatic heterocycles. The van der Waals surface area contributed by atoms with Crippen LogP contribution in [0.3, 0.4) is 0 Å². The highest BCUT2D eigenvalue weighted by molar-refractivity contribution is 6.07. The summed E-state index contributed by atoms with van der Waals surface area (Å²) >= 11 is 0. The van der Waals surface area contributed by atoms with Gasteiger partial charge in [0.15, 0.2) is 0 Å². The van der Waals surface area contributed by atoms with E-state index >= 15 is 0 Å². The van der Waals surface area contributed by atoms with Crippen molar-refractivity contribution in [2.75, 3.05) is 33.2 Å². The van der Waals surface area contributed by atoms with E-state index in [1.165, 1.54) is 10.5 Å². The van der Waals surface area contributed by atoms with Crippen LogP contribution >= 0.6 is 0 Å². The molecular formula is C23H26N3O+. The molecule has 0 saturated carbocycles. The fourth-order valence-electron chi connectivity index (χ4n) is 3.73. The lowest BCUT2D eigenvalue weighted by Crippen LogP contribution is -3.09. The van der Waals surface area contributed by atoms with Crippen LogP contribution in [0.25, 0.3) is 22.2 Å². The molecule has 4 nitrogen and oxygen atoms in total. The molecule has 4 heteroatoms. The summed E-state index contributed by atoms with van der Waals surface area (Å²) in [7, 11) is 2.20. The van der Waals surface area contributed by atoms with Crippen molar-refractivity contribution in [1.29, 1.82) is 0 Å². The number of carbonyl (C=O) groups excluding carboxylic acids is 1. The lowest BCUT2D eigenvalue weighted by molar-refractivity contribution is -0.877. The molecule has 1 fully saturated rings. The molecule has 4 rings (SSSR count). The number of nitrogens with zero attached hydrogens (tertiary/aromatic N) is 2. The van der Waals surface area contributed by atoms with E-state index < -0.39 is 0 Å². The van der Waals surface area contributed by atoms with Crippen molar-refractivity contribution in [2.45, 2.75) is 13.3 Å². The minimum Gasteiger partial charge on any atom is -0.336 e. The lowest BCUT2D eigenvalue weighted by Gasteiger charge is -2.21. The molecule has 27 heavy (non-hydrogen) atoms. The van der Waals surface area contributed by atoms with Gasteiger partial charge >= 0.3 is 0 Å². The van der Waals surface area contributed by atoms with Crippen molar-refractivity contribution in [1.82, 2.24) is 9.88 Å². The van der Waals surface area contributed by atoms with E-state index in [0.717, 1.165) is 60.3 Å². The van der Waals surface area contributed by atoms with Gasteiger partial charge in [0.2, 0.25) is 0 Å². The summed E-state index contributed by atoms with van der Waals surface area (Å²) in [6.45, 7) is 5.83. The van der Waals surface area contributed by atoms with Crippen LogP contribution in [0, 0.1) is 6.92 Å². The number of pyridine rings is 1. The Morgan fingerprint density at radius 1 is 1.04 bits per heavy atom. The van der Waals surface area contributed by atoms with Crippen LogP contribution in [0.5, 0.6) is 0 Å². The monoisotopic (exact) mass is 360 g/mol. The predicted molar refractivity (Wildman–Crippen MR) is 109 cm³/mol. The number of para-hydroxylation sites is 1. The molecule has 2 aromatic carbocycles. The maximum Gasteiger partial charge on any atom is 0.254 e. The minimum absolute atomic E-state index is 0.122. The number of nitrogens with one attached hydrogen (secondary N) is 1. The lowest BCUT2D eigenvalue weighted by atomic mass is 10.0. The zero-order chi connectivity index (χ0) is 18.8. The standard InChI is InChI=1S/C23H25N3O/c1-17-8-10-18(11-9-17)22-16-20(19-6-3-4-7-21(19)24-22)23(27)26-13-5-12-25(2)14-15-26/h3-4,6-11,16H,5,12-15H2,1-2H3/p+1. The van der Waals surface area contributed by atoms with E-state index in [9.17, 15) is 4.79 Å². The molecule has 2 heterocycles. The van der Waals surface area contributed by atoms with Crippen molar-refractivity contribution in [2.24, 2.45) is 0 Å². The first-order valence-corrected chi connectivity index (χ1v) is 9.69. The molecule has 1 amide bonds. The van der Waals surface area contributed by atoms with Gasteiger partial charge in [-0.3, -0.25) is 4.79 Å². The average molecular weight is 360 g/mol. The summed E-state index contributed by atoms with van der Waals surface area (Å²) in [5.74, 6) is 0.122. The van der Waals surface area contributed by atoms with E-state index in [-0.39, 0.29) is 5.91 Å². The number of rotatable bonds is 2. The largest absolute Gasteiger partial charge is 0.336 e. The normalized spacial score (nSPS) is 17.7. The number of likely N-dealkylation sites (N-methyl/N-ethyl adjacent to an activating group) is 1. The molecular weight excluding hydrogens is 334 g/mol. The third-order valence-corrected chi connectivity index (χ3v) is 5.42. The van der Waals surface area contributed by atoms with Gasteiger partial charge in [-0.15, -0.1) is 0 Å². The fraction of sp³-hybridized carbons (Fsp3) is 0.304.